The number of benzene rings is 2. The number of para-hydroxylation sites is 1. The van der Waals surface area contributed by atoms with Crippen molar-refractivity contribution in [2.45, 2.75) is 6.92 Å². The van der Waals surface area contributed by atoms with E-state index in [9.17, 15) is 14.0 Å². The van der Waals surface area contributed by atoms with Gasteiger partial charge in [0.15, 0.2) is 5.76 Å². The smallest absolute Gasteiger partial charge is 0.252 e. The van der Waals surface area contributed by atoms with Gasteiger partial charge in [-0.1, -0.05) is 24.3 Å². The standard InChI is InChI=1S/C24H20FN3O3/c1-15-8-9-16(13-19(15)25)23(29)26-10-11-27-24(30)18-14-21(22-7-4-12-31-22)28-20-6-3-2-5-17(18)20/h2-9,12-14H,10-11H2,1H3,(H,26,29)(H,27,30). The van der Waals surface area contributed by atoms with Crippen LogP contribution in [-0.4, -0.2) is 29.9 Å². The maximum absolute atomic E-state index is 13.6. The highest BCUT2D eigenvalue weighted by atomic mass is 19.1. The number of halogens is 1. The zero-order valence-electron chi connectivity index (χ0n) is 16.8. The highest BCUT2D eigenvalue weighted by molar-refractivity contribution is 6.07. The molecule has 0 aliphatic heterocycles. The number of aromatic nitrogens is 1. The van der Waals surface area contributed by atoms with E-state index < -0.39 is 11.7 Å². The van der Waals surface area contributed by atoms with Crippen molar-refractivity contribution in [2.24, 2.45) is 0 Å². The number of furan rings is 1. The van der Waals surface area contributed by atoms with Gasteiger partial charge in [-0.25, -0.2) is 9.37 Å². The quantitative estimate of drug-likeness (QED) is 0.463. The van der Waals surface area contributed by atoms with E-state index in [0.717, 1.165) is 5.39 Å². The largest absolute Gasteiger partial charge is 0.463 e. The number of carbonyl (C=O) groups excluding carboxylic acids is 2. The summed E-state index contributed by atoms with van der Waals surface area (Å²) < 4.78 is 19.1. The summed E-state index contributed by atoms with van der Waals surface area (Å²) in [5.74, 6) is -0.556. The average Bonchev–Trinajstić information content (AvgIpc) is 3.32. The van der Waals surface area contributed by atoms with Crippen molar-refractivity contribution in [2.75, 3.05) is 13.1 Å². The number of nitrogens with one attached hydrogen (secondary N) is 2. The lowest BCUT2D eigenvalue weighted by atomic mass is 10.1. The minimum atomic E-state index is -0.433. The second-order valence-corrected chi connectivity index (χ2v) is 7.03. The Bertz CT molecular complexity index is 1250. The van der Waals surface area contributed by atoms with Gasteiger partial charge in [0.05, 0.1) is 17.3 Å². The average molecular weight is 417 g/mol. The molecule has 0 aliphatic carbocycles. The molecule has 7 heteroatoms. The molecule has 2 amide bonds. The molecule has 4 aromatic rings. The molecule has 2 heterocycles. The molecule has 4 rings (SSSR count). The number of rotatable bonds is 6. The Morgan fingerprint density at radius 3 is 2.48 bits per heavy atom. The van der Waals surface area contributed by atoms with Crippen LogP contribution in [0.4, 0.5) is 4.39 Å². The number of amides is 2. The number of pyridine rings is 1. The van der Waals surface area contributed by atoms with Crippen LogP contribution >= 0.6 is 0 Å². The molecule has 0 fully saturated rings. The van der Waals surface area contributed by atoms with Crippen molar-refractivity contribution < 1.29 is 18.4 Å². The van der Waals surface area contributed by atoms with Crippen LogP contribution in [-0.2, 0) is 0 Å². The molecule has 2 aromatic heterocycles. The summed E-state index contributed by atoms with van der Waals surface area (Å²) in [6, 6.07) is 16.9. The topological polar surface area (TPSA) is 84.2 Å². The zero-order valence-corrected chi connectivity index (χ0v) is 16.8. The van der Waals surface area contributed by atoms with Gasteiger partial charge < -0.3 is 15.1 Å². The van der Waals surface area contributed by atoms with Gasteiger partial charge in [0, 0.05) is 24.0 Å². The molecule has 2 aromatic carbocycles. The highest BCUT2D eigenvalue weighted by Gasteiger charge is 2.15. The Morgan fingerprint density at radius 2 is 1.74 bits per heavy atom. The van der Waals surface area contributed by atoms with Gasteiger partial charge in [0.2, 0.25) is 0 Å². The van der Waals surface area contributed by atoms with Crippen LogP contribution in [0.15, 0.2) is 71.3 Å². The van der Waals surface area contributed by atoms with E-state index in [1.807, 2.05) is 24.3 Å². The molecule has 0 saturated heterocycles. The summed E-state index contributed by atoms with van der Waals surface area (Å²) in [5, 5.41) is 6.20. The highest BCUT2D eigenvalue weighted by Crippen LogP contribution is 2.25. The third-order valence-electron chi connectivity index (χ3n) is 4.86. The van der Waals surface area contributed by atoms with Crippen LogP contribution in [0.2, 0.25) is 0 Å². The van der Waals surface area contributed by atoms with E-state index in [4.69, 9.17) is 4.42 Å². The van der Waals surface area contributed by atoms with Crippen LogP contribution in [0.3, 0.4) is 0 Å². The predicted molar refractivity (Wildman–Crippen MR) is 115 cm³/mol. The van der Waals surface area contributed by atoms with Crippen molar-refractivity contribution in [3.05, 3.63) is 89.4 Å². The van der Waals surface area contributed by atoms with Crippen molar-refractivity contribution in [3.8, 4) is 11.5 Å². The third kappa shape index (κ3) is 4.45. The Labute approximate surface area is 178 Å². The number of aryl methyl sites for hydroxylation is 1. The number of nitrogens with zero attached hydrogens (tertiary/aromatic N) is 1. The van der Waals surface area contributed by atoms with Crippen LogP contribution < -0.4 is 10.6 Å². The predicted octanol–water partition coefficient (Wildman–Crippen LogP) is 4.10. The van der Waals surface area contributed by atoms with Crippen LogP contribution in [0, 0.1) is 12.7 Å². The van der Waals surface area contributed by atoms with Gasteiger partial charge in [-0.2, -0.15) is 0 Å². The van der Waals surface area contributed by atoms with Crippen LogP contribution in [0.5, 0.6) is 0 Å². The molecule has 2 N–H and O–H groups in total. The van der Waals surface area contributed by atoms with Gasteiger partial charge >= 0.3 is 0 Å². The fourth-order valence-electron chi connectivity index (χ4n) is 3.20. The molecule has 0 radical (unpaired) electrons. The molecule has 0 spiro atoms. The number of hydrogen-bond donors (Lipinski definition) is 2. The summed E-state index contributed by atoms with van der Waals surface area (Å²) in [5.41, 5.74) is 2.41. The molecule has 0 unspecified atom stereocenters. The first kappa shape index (κ1) is 20.3. The molecule has 156 valence electrons. The zero-order chi connectivity index (χ0) is 21.8. The molecule has 0 atom stereocenters. The second kappa shape index (κ2) is 8.79. The van der Waals surface area contributed by atoms with Gasteiger partial charge in [-0.05, 0) is 48.9 Å². The molecule has 0 saturated carbocycles. The number of carbonyl (C=O) groups is 2. The van der Waals surface area contributed by atoms with Gasteiger partial charge in [-0.15, -0.1) is 0 Å². The van der Waals surface area contributed by atoms with Gasteiger partial charge in [0.1, 0.15) is 11.5 Å². The lowest BCUT2D eigenvalue weighted by molar-refractivity contribution is 0.0928. The Balaban J connectivity index is 1.44. The van der Waals surface area contributed by atoms with Crippen molar-refractivity contribution in [1.29, 1.82) is 0 Å². The Hall–Kier alpha value is -4.00. The molecule has 0 aliphatic rings. The fraction of sp³-hybridized carbons (Fsp3) is 0.125. The van der Waals surface area contributed by atoms with E-state index in [0.29, 0.717) is 28.1 Å². The van der Waals surface area contributed by atoms with E-state index in [2.05, 4.69) is 15.6 Å². The van der Waals surface area contributed by atoms with Crippen LogP contribution in [0.1, 0.15) is 26.3 Å². The first-order valence-electron chi connectivity index (χ1n) is 9.79. The van der Waals surface area contributed by atoms with Gasteiger partial charge in [-0.3, -0.25) is 9.59 Å². The van der Waals surface area contributed by atoms with E-state index in [-0.39, 0.29) is 24.6 Å². The number of hydrogen-bond acceptors (Lipinski definition) is 4. The van der Waals surface area contributed by atoms with Crippen molar-refractivity contribution in [1.82, 2.24) is 15.6 Å². The molecular formula is C24H20FN3O3. The Morgan fingerprint density at radius 1 is 0.968 bits per heavy atom. The third-order valence-corrected chi connectivity index (χ3v) is 4.86. The van der Waals surface area contributed by atoms with Gasteiger partial charge in [0.25, 0.3) is 11.8 Å². The maximum Gasteiger partial charge on any atom is 0.252 e. The Kier molecular flexibility index (Phi) is 5.75. The lowest BCUT2D eigenvalue weighted by Gasteiger charge is -2.10. The maximum atomic E-state index is 13.6. The minimum Gasteiger partial charge on any atom is -0.463 e. The molecule has 0 bridgehead atoms. The summed E-state index contributed by atoms with van der Waals surface area (Å²) >= 11 is 0. The molecular weight excluding hydrogens is 397 g/mol. The fourth-order valence-corrected chi connectivity index (χ4v) is 3.20. The van der Waals surface area contributed by atoms with E-state index >= 15 is 0 Å². The van der Waals surface area contributed by atoms with Crippen LogP contribution in [0.25, 0.3) is 22.4 Å². The summed E-state index contributed by atoms with van der Waals surface area (Å²) in [6.45, 7) is 2.05. The first-order valence-corrected chi connectivity index (χ1v) is 9.79. The monoisotopic (exact) mass is 417 g/mol. The molecule has 6 nitrogen and oxygen atoms in total. The minimum absolute atomic E-state index is 0.203. The van der Waals surface area contributed by atoms with Crippen molar-refractivity contribution >= 4 is 22.7 Å². The SMILES string of the molecule is Cc1ccc(C(=O)NCCNC(=O)c2cc(-c3ccco3)nc3ccccc23)cc1F. The van der Waals surface area contributed by atoms with E-state index in [1.54, 1.807) is 43.5 Å². The van der Waals surface area contributed by atoms with Crippen molar-refractivity contribution in [3.63, 3.8) is 0 Å². The first-order chi connectivity index (χ1) is 15.0. The lowest BCUT2D eigenvalue weighted by Crippen LogP contribution is -2.34. The second-order valence-electron chi connectivity index (χ2n) is 7.03. The normalized spacial score (nSPS) is 10.8. The number of fused-ring (bicyclic) bond motifs is 1. The summed E-state index contributed by atoms with van der Waals surface area (Å²) in [4.78, 5) is 29.6. The summed E-state index contributed by atoms with van der Waals surface area (Å²) in [7, 11) is 0. The summed E-state index contributed by atoms with van der Waals surface area (Å²) in [6.07, 6.45) is 1.55. The molecule has 31 heavy (non-hydrogen) atoms. The van der Waals surface area contributed by atoms with E-state index in [1.165, 1.54) is 6.07 Å².